The first-order valence-electron chi connectivity index (χ1n) is 8.18. The minimum Gasteiger partial charge on any atom is -0.273 e. The van der Waals surface area contributed by atoms with Gasteiger partial charge in [-0.3, -0.25) is 15.0 Å². The molecule has 1 unspecified atom stereocenters. The number of benzene rings is 2. The predicted octanol–water partition coefficient (Wildman–Crippen LogP) is 3.01. The van der Waals surface area contributed by atoms with Crippen molar-refractivity contribution in [2.75, 3.05) is 5.01 Å². The molecule has 1 N–H and O–H groups in total. The zero-order chi connectivity index (χ0) is 17.6. The molecule has 4 rings (SSSR count). The minimum atomic E-state index is -0.908. The lowest BCUT2D eigenvalue weighted by Crippen LogP contribution is -2.62. The number of hydrazine groups is 1. The second-order valence-electron chi connectivity index (χ2n) is 6.57. The zero-order valence-electron chi connectivity index (χ0n) is 13.4. The van der Waals surface area contributed by atoms with Crippen molar-refractivity contribution in [2.24, 2.45) is 0 Å². The summed E-state index contributed by atoms with van der Waals surface area (Å²) < 4.78 is 26.9. The Morgan fingerprint density at radius 1 is 1.04 bits per heavy atom. The highest BCUT2D eigenvalue weighted by Gasteiger charge is 2.49. The first kappa shape index (κ1) is 15.7. The van der Waals surface area contributed by atoms with Gasteiger partial charge in [0.15, 0.2) is 0 Å². The molecule has 25 heavy (non-hydrogen) atoms. The van der Waals surface area contributed by atoms with E-state index in [0.29, 0.717) is 6.42 Å². The maximum absolute atomic E-state index is 13.5. The fourth-order valence-corrected chi connectivity index (χ4v) is 3.91. The maximum atomic E-state index is 13.5. The van der Waals surface area contributed by atoms with Crippen molar-refractivity contribution in [1.29, 1.82) is 0 Å². The highest BCUT2D eigenvalue weighted by Crippen LogP contribution is 2.42. The Labute approximate surface area is 143 Å². The fraction of sp³-hybridized carbons (Fsp3) is 0.263. The molecule has 1 spiro atoms. The fourth-order valence-electron chi connectivity index (χ4n) is 3.91. The summed E-state index contributed by atoms with van der Waals surface area (Å²) in [6, 6.07) is 10.4. The number of anilines is 1. The number of rotatable bonds is 1. The summed E-state index contributed by atoms with van der Waals surface area (Å²) in [7, 11) is 0. The zero-order valence-corrected chi connectivity index (χ0v) is 13.4. The lowest BCUT2D eigenvalue weighted by atomic mass is 9.66. The van der Waals surface area contributed by atoms with Crippen LogP contribution in [0.5, 0.6) is 0 Å². The first-order chi connectivity index (χ1) is 12.0. The van der Waals surface area contributed by atoms with Gasteiger partial charge in [-0.25, -0.2) is 13.8 Å². The SMILES string of the molecule is O=C1CC2(CCCc3ccccc32)C(=O)NN1c1cc(F)cc(F)c1. The van der Waals surface area contributed by atoms with Crippen molar-refractivity contribution in [2.45, 2.75) is 31.1 Å². The molecule has 2 aromatic carbocycles. The molecule has 1 fully saturated rings. The van der Waals surface area contributed by atoms with Crippen LogP contribution in [0.2, 0.25) is 0 Å². The van der Waals surface area contributed by atoms with Gasteiger partial charge < -0.3 is 0 Å². The van der Waals surface area contributed by atoms with Crippen LogP contribution in [-0.4, -0.2) is 11.8 Å². The molecule has 2 aliphatic rings. The molecular weight excluding hydrogens is 326 g/mol. The monoisotopic (exact) mass is 342 g/mol. The molecular formula is C19H16F2N2O2. The number of nitrogens with one attached hydrogen (secondary N) is 1. The van der Waals surface area contributed by atoms with Gasteiger partial charge in [-0.15, -0.1) is 0 Å². The molecule has 0 saturated carbocycles. The molecule has 1 aliphatic heterocycles. The molecule has 2 aromatic rings. The second kappa shape index (κ2) is 5.65. The van der Waals surface area contributed by atoms with Crippen LogP contribution in [0.3, 0.4) is 0 Å². The van der Waals surface area contributed by atoms with Crippen LogP contribution in [0.15, 0.2) is 42.5 Å². The van der Waals surface area contributed by atoms with Crippen LogP contribution in [-0.2, 0) is 21.4 Å². The standard InChI is InChI=1S/C19H16F2N2O2/c20-13-8-14(21)10-15(9-13)23-17(24)11-19(18(25)22-23)7-3-5-12-4-1-2-6-16(12)19/h1-2,4,6,8-10H,3,5,7,11H2,(H,22,25). The van der Waals surface area contributed by atoms with Gasteiger partial charge >= 0.3 is 0 Å². The van der Waals surface area contributed by atoms with Crippen LogP contribution in [0, 0.1) is 11.6 Å². The van der Waals surface area contributed by atoms with Crippen molar-refractivity contribution in [3.05, 3.63) is 65.2 Å². The van der Waals surface area contributed by atoms with Crippen molar-refractivity contribution < 1.29 is 18.4 Å². The Morgan fingerprint density at radius 2 is 1.76 bits per heavy atom. The average Bonchev–Trinajstić information content (AvgIpc) is 2.57. The highest BCUT2D eigenvalue weighted by molar-refractivity contribution is 6.06. The van der Waals surface area contributed by atoms with Gasteiger partial charge in [0.25, 0.3) is 0 Å². The third-order valence-corrected chi connectivity index (χ3v) is 5.04. The summed E-state index contributed by atoms with van der Waals surface area (Å²) in [5, 5.41) is 0.941. The number of fused-ring (bicyclic) bond motifs is 2. The minimum absolute atomic E-state index is 0.0187. The smallest absolute Gasteiger partial charge is 0.250 e. The normalized spacial score (nSPS) is 22.7. The van der Waals surface area contributed by atoms with Crippen molar-refractivity contribution in [3.8, 4) is 0 Å². The van der Waals surface area contributed by atoms with E-state index < -0.39 is 17.0 Å². The van der Waals surface area contributed by atoms with E-state index in [2.05, 4.69) is 5.43 Å². The third-order valence-electron chi connectivity index (χ3n) is 5.04. The van der Waals surface area contributed by atoms with Crippen molar-refractivity contribution >= 4 is 17.5 Å². The number of nitrogens with zero attached hydrogens (tertiary/aromatic N) is 1. The molecule has 0 bridgehead atoms. The summed E-state index contributed by atoms with van der Waals surface area (Å²) >= 11 is 0. The average molecular weight is 342 g/mol. The highest BCUT2D eigenvalue weighted by atomic mass is 19.1. The Kier molecular flexibility index (Phi) is 3.56. The largest absolute Gasteiger partial charge is 0.273 e. The van der Waals surface area contributed by atoms with E-state index in [4.69, 9.17) is 0 Å². The van der Waals surface area contributed by atoms with E-state index in [1.807, 2.05) is 24.3 Å². The lowest BCUT2D eigenvalue weighted by molar-refractivity contribution is -0.137. The first-order valence-corrected chi connectivity index (χ1v) is 8.18. The molecule has 1 atom stereocenters. The van der Waals surface area contributed by atoms with Gasteiger partial charge in [0.1, 0.15) is 11.6 Å². The number of carbonyl (C=O) groups is 2. The summed E-state index contributed by atoms with van der Waals surface area (Å²) in [4.78, 5) is 25.7. The molecule has 6 heteroatoms. The molecule has 1 aliphatic carbocycles. The Morgan fingerprint density at radius 3 is 2.52 bits per heavy atom. The number of hydrogen-bond acceptors (Lipinski definition) is 2. The van der Waals surface area contributed by atoms with Gasteiger partial charge in [0, 0.05) is 12.5 Å². The number of hydrogen-bond donors (Lipinski definition) is 1. The summed E-state index contributed by atoms with van der Waals surface area (Å²) in [6.45, 7) is 0. The Balaban J connectivity index is 1.72. The summed E-state index contributed by atoms with van der Waals surface area (Å²) in [6.07, 6.45) is 2.24. The van der Waals surface area contributed by atoms with E-state index in [0.717, 1.165) is 47.2 Å². The Hall–Kier alpha value is -2.76. The van der Waals surface area contributed by atoms with Gasteiger partial charge in [0.05, 0.1) is 11.1 Å². The molecule has 0 aromatic heterocycles. The molecule has 1 saturated heterocycles. The van der Waals surface area contributed by atoms with Crippen molar-refractivity contribution in [3.63, 3.8) is 0 Å². The predicted molar refractivity (Wildman–Crippen MR) is 87.7 cm³/mol. The van der Waals surface area contributed by atoms with E-state index in [9.17, 15) is 18.4 Å². The number of halogens is 2. The molecule has 1 heterocycles. The van der Waals surface area contributed by atoms with E-state index in [1.165, 1.54) is 0 Å². The number of amides is 2. The maximum Gasteiger partial charge on any atom is 0.250 e. The van der Waals surface area contributed by atoms with Crippen LogP contribution >= 0.6 is 0 Å². The van der Waals surface area contributed by atoms with Crippen LogP contribution in [0.25, 0.3) is 0 Å². The van der Waals surface area contributed by atoms with Gasteiger partial charge in [-0.2, -0.15) is 0 Å². The second-order valence-corrected chi connectivity index (χ2v) is 6.57. The molecule has 2 amide bonds. The van der Waals surface area contributed by atoms with Crippen LogP contribution in [0.1, 0.15) is 30.4 Å². The number of carbonyl (C=O) groups excluding carboxylic acids is 2. The molecule has 128 valence electrons. The molecule has 0 radical (unpaired) electrons. The van der Waals surface area contributed by atoms with Crippen molar-refractivity contribution in [1.82, 2.24) is 5.43 Å². The van der Waals surface area contributed by atoms with E-state index in [1.54, 1.807) is 0 Å². The van der Waals surface area contributed by atoms with E-state index >= 15 is 0 Å². The number of aryl methyl sites for hydroxylation is 1. The van der Waals surface area contributed by atoms with Gasteiger partial charge in [0.2, 0.25) is 11.8 Å². The van der Waals surface area contributed by atoms with E-state index in [-0.39, 0.29) is 23.9 Å². The lowest BCUT2D eigenvalue weighted by Gasteiger charge is -2.43. The Bertz CT molecular complexity index is 863. The summed E-state index contributed by atoms with van der Waals surface area (Å²) in [5.41, 5.74) is 3.57. The molecule has 4 nitrogen and oxygen atoms in total. The quantitative estimate of drug-likeness (QED) is 0.866. The van der Waals surface area contributed by atoms with Crippen LogP contribution in [0.4, 0.5) is 14.5 Å². The van der Waals surface area contributed by atoms with Crippen LogP contribution < -0.4 is 10.4 Å². The van der Waals surface area contributed by atoms with Gasteiger partial charge in [-0.1, -0.05) is 24.3 Å². The van der Waals surface area contributed by atoms with Gasteiger partial charge in [-0.05, 0) is 42.5 Å². The third kappa shape index (κ3) is 2.49. The topological polar surface area (TPSA) is 49.4 Å². The summed E-state index contributed by atoms with van der Waals surface area (Å²) in [5.74, 6) is -2.31.